The first-order valence-electron chi connectivity index (χ1n) is 7.58. The fourth-order valence-electron chi connectivity index (χ4n) is 2.49. The second-order valence-electron chi connectivity index (χ2n) is 5.43. The molecule has 4 rings (SSSR count). The zero-order valence-electron chi connectivity index (χ0n) is 13.1. The maximum absolute atomic E-state index is 9.91. The Hall–Kier alpha value is -3.06. The van der Waals surface area contributed by atoms with Gasteiger partial charge in [0.15, 0.2) is 0 Å². The largest absolute Gasteiger partial charge is 0.506 e. The lowest BCUT2D eigenvalue weighted by molar-refractivity contribution is 0.466. The molecule has 4 aromatic rings. The van der Waals surface area contributed by atoms with Crippen LogP contribution >= 0.6 is 11.8 Å². The van der Waals surface area contributed by atoms with Gasteiger partial charge >= 0.3 is 0 Å². The van der Waals surface area contributed by atoms with E-state index in [1.54, 1.807) is 24.4 Å². The molecule has 7 heteroatoms. The molecule has 0 aliphatic heterocycles. The summed E-state index contributed by atoms with van der Waals surface area (Å²) >= 11 is 1.44. The van der Waals surface area contributed by atoms with Gasteiger partial charge in [-0.3, -0.25) is 4.98 Å². The minimum absolute atomic E-state index is 0.174. The zero-order chi connectivity index (χ0) is 17.2. The molecule has 0 spiro atoms. The summed E-state index contributed by atoms with van der Waals surface area (Å²) < 4.78 is 5.70. The van der Waals surface area contributed by atoms with Gasteiger partial charge in [-0.05, 0) is 42.0 Å². The number of nitrogen functional groups attached to an aromatic ring is 1. The highest BCUT2D eigenvalue weighted by Crippen LogP contribution is 2.31. The van der Waals surface area contributed by atoms with Gasteiger partial charge in [-0.1, -0.05) is 23.9 Å². The van der Waals surface area contributed by atoms with Crippen LogP contribution in [0.2, 0.25) is 0 Å². The fraction of sp³-hybridized carbons (Fsp3) is 0.0556. The minimum atomic E-state index is 0.174. The van der Waals surface area contributed by atoms with Gasteiger partial charge in [0.1, 0.15) is 11.3 Å². The molecular formula is C18H14N4O2S. The van der Waals surface area contributed by atoms with Crippen molar-refractivity contribution in [1.82, 2.24) is 15.2 Å². The number of fused-ring (bicyclic) bond motifs is 1. The summed E-state index contributed by atoms with van der Waals surface area (Å²) in [6.07, 6.45) is 1.66. The van der Waals surface area contributed by atoms with E-state index in [0.29, 0.717) is 28.1 Å². The Labute approximate surface area is 147 Å². The van der Waals surface area contributed by atoms with Gasteiger partial charge in [-0.15, -0.1) is 10.2 Å². The lowest BCUT2D eigenvalue weighted by Crippen LogP contribution is -1.87. The van der Waals surface area contributed by atoms with Crippen molar-refractivity contribution >= 4 is 28.4 Å². The normalized spacial score (nSPS) is 11.0. The van der Waals surface area contributed by atoms with Crippen LogP contribution < -0.4 is 5.73 Å². The van der Waals surface area contributed by atoms with Gasteiger partial charge in [-0.2, -0.15) is 0 Å². The number of thioether (sulfide) groups is 1. The van der Waals surface area contributed by atoms with Crippen LogP contribution in [0, 0.1) is 0 Å². The lowest BCUT2D eigenvalue weighted by Gasteiger charge is -2.05. The summed E-state index contributed by atoms with van der Waals surface area (Å²) in [4.78, 5) is 4.23. The summed E-state index contributed by atoms with van der Waals surface area (Å²) in [5.41, 5.74) is 8.83. The molecule has 2 aromatic carbocycles. The van der Waals surface area contributed by atoms with Crippen molar-refractivity contribution < 1.29 is 9.52 Å². The van der Waals surface area contributed by atoms with Gasteiger partial charge in [0.05, 0.1) is 0 Å². The van der Waals surface area contributed by atoms with E-state index in [2.05, 4.69) is 15.2 Å². The first kappa shape index (κ1) is 15.5. The van der Waals surface area contributed by atoms with Crippen LogP contribution in [-0.4, -0.2) is 20.3 Å². The first-order valence-corrected chi connectivity index (χ1v) is 8.57. The Morgan fingerprint density at radius 3 is 2.72 bits per heavy atom. The molecule has 0 unspecified atom stereocenters. The number of benzene rings is 2. The highest BCUT2D eigenvalue weighted by Gasteiger charge is 2.11. The molecule has 0 saturated carbocycles. The second kappa shape index (κ2) is 6.45. The third-order valence-electron chi connectivity index (χ3n) is 3.75. The number of hydrogen-bond donors (Lipinski definition) is 2. The molecule has 0 atom stereocenters. The number of phenols is 1. The number of hydrogen-bond acceptors (Lipinski definition) is 7. The quantitative estimate of drug-likeness (QED) is 0.426. The van der Waals surface area contributed by atoms with Crippen molar-refractivity contribution in [3.05, 3.63) is 60.3 Å². The smallest absolute Gasteiger partial charge is 0.277 e. The molecule has 0 aliphatic carbocycles. The molecule has 3 N–H and O–H groups in total. The Bertz CT molecular complexity index is 1030. The van der Waals surface area contributed by atoms with Gasteiger partial charge in [0.25, 0.3) is 5.22 Å². The first-order chi connectivity index (χ1) is 12.2. The number of aromatic nitrogens is 3. The van der Waals surface area contributed by atoms with Gasteiger partial charge in [0, 0.05) is 28.6 Å². The molecule has 25 heavy (non-hydrogen) atoms. The summed E-state index contributed by atoms with van der Waals surface area (Å²) in [7, 11) is 0. The summed E-state index contributed by atoms with van der Waals surface area (Å²) in [5, 5.41) is 19.5. The average molecular weight is 350 g/mol. The minimum Gasteiger partial charge on any atom is -0.506 e. The number of anilines is 1. The molecule has 6 nitrogen and oxygen atoms in total. The molecule has 0 bridgehead atoms. The van der Waals surface area contributed by atoms with E-state index >= 15 is 0 Å². The summed E-state index contributed by atoms with van der Waals surface area (Å²) in [6, 6.07) is 14.6. The molecule has 0 amide bonds. The monoisotopic (exact) mass is 350 g/mol. The van der Waals surface area contributed by atoms with Crippen molar-refractivity contribution in [3.63, 3.8) is 0 Å². The third kappa shape index (κ3) is 3.14. The zero-order valence-corrected chi connectivity index (χ0v) is 13.9. The number of nitrogens with two attached hydrogens (primary N) is 1. The van der Waals surface area contributed by atoms with Gasteiger partial charge in [0.2, 0.25) is 5.89 Å². The van der Waals surface area contributed by atoms with Gasteiger partial charge < -0.3 is 15.3 Å². The molecule has 2 aromatic heterocycles. The highest BCUT2D eigenvalue weighted by molar-refractivity contribution is 7.98. The van der Waals surface area contributed by atoms with Crippen molar-refractivity contribution in [2.75, 3.05) is 5.73 Å². The maximum Gasteiger partial charge on any atom is 0.277 e. The number of phenolic OH excluding ortho intramolecular Hbond substituents is 1. The van der Waals surface area contributed by atoms with Crippen LogP contribution in [0.3, 0.4) is 0 Å². The van der Waals surface area contributed by atoms with Crippen LogP contribution in [0.4, 0.5) is 5.69 Å². The number of pyridine rings is 1. The topological polar surface area (TPSA) is 98.1 Å². The predicted octanol–water partition coefficient (Wildman–Crippen LogP) is 3.86. The van der Waals surface area contributed by atoms with Crippen LogP contribution in [0.25, 0.3) is 22.4 Å². The van der Waals surface area contributed by atoms with Crippen molar-refractivity contribution in [2.24, 2.45) is 0 Å². The second-order valence-corrected chi connectivity index (χ2v) is 6.35. The number of nitrogens with zero attached hydrogens (tertiary/aromatic N) is 3. The number of rotatable bonds is 4. The van der Waals surface area contributed by atoms with E-state index in [1.165, 1.54) is 11.8 Å². The van der Waals surface area contributed by atoms with E-state index in [9.17, 15) is 5.11 Å². The Morgan fingerprint density at radius 2 is 1.88 bits per heavy atom. The molecule has 0 radical (unpaired) electrons. The molecule has 0 fully saturated rings. The molecular weight excluding hydrogens is 336 g/mol. The van der Waals surface area contributed by atoms with Crippen LogP contribution in [-0.2, 0) is 5.75 Å². The summed E-state index contributed by atoms with van der Waals surface area (Å²) in [5.74, 6) is 1.26. The fourth-order valence-corrected chi connectivity index (χ4v) is 3.26. The van der Waals surface area contributed by atoms with Crippen LogP contribution in [0.5, 0.6) is 5.75 Å². The lowest BCUT2D eigenvalue weighted by atomic mass is 10.1. The highest BCUT2D eigenvalue weighted by atomic mass is 32.2. The number of aromatic hydroxyl groups is 1. The standard InChI is InChI=1S/C18H14N4O2S/c19-13-6-3-11(4-7-13)17-21-22-18(24-17)25-10-12-5-8-15(23)16-14(12)2-1-9-20-16/h1-9,23H,10,19H2. The van der Waals surface area contributed by atoms with Crippen molar-refractivity contribution in [2.45, 2.75) is 11.0 Å². The maximum atomic E-state index is 9.91. The Kier molecular flexibility index (Phi) is 3.99. The summed E-state index contributed by atoms with van der Waals surface area (Å²) in [6.45, 7) is 0. The third-order valence-corrected chi connectivity index (χ3v) is 4.62. The SMILES string of the molecule is Nc1ccc(-c2nnc(SCc3ccc(O)c4ncccc34)o2)cc1. The average Bonchev–Trinajstić information content (AvgIpc) is 3.11. The van der Waals surface area contributed by atoms with E-state index in [1.807, 2.05) is 30.3 Å². The van der Waals surface area contributed by atoms with E-state index in [4.69, 9.17) is 10.2 Å². The van der Waals surface area contributed by atoms with Gasteiger partial charge in [-0.25, -0.2) is 0 Å². The van der Waals surface area contributed by atoms with E-state index < -0.39 is 0 Å². The molecule has 0 saturated heterocycles. The van der Waals surface area contributed by atoms with E-state index in [0.717, 1.165) is 16.5 Å². The van der Waals surface area contributed by atoms with Crippen molar-refractivity contribution in [1.29, 1.82) is 0 Å². The van der Waals surface area contributed by atoms with Crippen molar-refractivity contribution in [3.8, 4) is 17.2 Å². The molecule has 0 aliphatic rings. The Morgan fingerprint density at radius 1 is 1.04 bits per heavy atom. The predicted molar refractivity (Wildman–Crippen MR) is 97.1 cm³/mol. The van der Waals surface area contributed by atoms with E-state index in [-0.39, 0.29) is 5.75 Å². The van der Waals surface area contributed by atoms with Crippen LogP contribution in [0.15, 0.2) is 64.4 Å². The molecule has 2 heterocycles. The Balaban J connectivity index is 1.55. The molecule has 124 valence electrons. The van der Waals surface area contributed by atoms with Crippen LogP contribution in [0.1, 0.15) is 5.56 Å².